The molecule has 146 valence electrons. The van der Waals surface area contributed by atoms with E-state index in [0.29, 0.717) is 11.8 Å². The van der Waals surface area contributed by atoms with E-state index < -0.39 is 57.6 Å². The lowest BCUT2D eigenvalue weighted by Gasteiger charge is -2.39. The summed E-state index contributed by atoms with van der Waals surface area (Å²) >= 11 is 0.591. The minimum absolute atomic E-state index is 0.0190. The molecule has 1 aliphatic rings. The summed E-state index contributed by atoms with van der Waals surface area (Å²) in [6, 6.07) is 0. The highest BCUT2D eigenvalue weighted by atomic mass is 32.2. The number of rotatable bonds is 7. The molecule has 0 aliphatic carbocycles. The van der Waals surface area contributed by atoms with E-state index in [4.69, 9.17) is 9.84 Å². The highest BCUT2D eigenvalue weighted by Crippen LogP contribution is 2.30. The summed E-state index contributed by atoms with van der Waals surface area (Å²) < 4.78 is 51.9. The standard InChI is InChI=1S/C12H21NO9S3/c1-24(18)5-3-2-4-8(13-25(19,20)21)23-12-11(17)10(16)9(15)7(6-14)22-12/h3,5,7,9-12,14-17H,2,4,6H2,1H3,(H,19,20,21)/p-1/t7-,9-,10+,11-,12+,24?/m1/s1. The Morgan fingerprint density at radius 3 is 2.48 bits per heavy atom. The van der Waals surface area contributed by atoms with Crippen molar-refractivity contribution in [2.75, 3.05) is 12.9 Å². The smallest absolute Gasteiger partial charge is 0.203 e. The fourth-order valence-corrected chi connectivity index (χ4v) is 4.16. The second-order valence-electron chi connectivity index (χ2n) is 5.14. The Bertz CT molecular complexity index is 619. The average molecular weight is 418 g/mol. The number of thioether (sulfide) groups is 1. The van der Waals surface area contributed by atoms with Crippen LogP contribution < -0.4 is 0 Å². The second kappa shape index (κ2) is 10.1. The minimum Gasteiger partial charge on any atom is -0.730 e. The van der Waals surface area contributed by atoms with Crippen LogP contribution in [0.1, 0.15) is 12.8 Å². The largest absolute Gasteiger partial charge is 0.730 e. The molecule has 13 heteroatoms. The molecule has 0 bridgehead atoms. The van der Waals surface area contributed by atoms with E-state index in [1.54, 1.807) is 0 Å². The van der Waals surface area contributed by atoms with Crippen LogP contribution in [-0.2, 0) is 25.8 Å². The van der Waals surface area contributed by atoms with Crippen molar-refractivity contribution in [3.05, 3.63) is 11.5 Å². The van der Waals surface area contributed by atoms with E-state index in [1.165, 1.54) is 17.7 Å². The van der Waals surface area contributed by atoms with Crippen molar-refractivity contribution < 1.29 is 42.3 Å². The lowest BCUT2D eigenvalue weighted by Crippen LogP contribution is -2.57. The molecule has 10 nitrogen and oxygen atoms in total. The van der Waals surface area contributed by atoms with Crippen LogP contribution in [0.25, 0.3) is 0 Å². The summed E-state index contributed by atoms with van der Waals surface area (Å²) in [4.78, 5) is 0. The lowest BCUT2D eigenvalue weighted by molar-refractivity contribution is -0.205. The van der Waals surface area contributed by atoms with Crippen molar-refractivity contribution >= 4 is 37.9 Å². The fraction of sp³-hybridized carbons (Fsp3) is 0.750. The van der Waals surface area contributed by atoms with Crippen LogP contribution in [0.4, 0.5) is 0 Å². The number of hydrogen-bond donors (Lipinski definition) is 4. The normalized spacial score (nSPS) is 32.9. The van der Waals surface area contributed by atoms with Gasteiger partial charge in [0.2, 0.25) is 10.3 Å². The summed E-state index contributed by atoms with van der Waals surface area (Å²) in [6.07, 6.45) is -2.79. The first kappa shape index (κ1) is 22.7. The predicted molar refractivity (Wildman–Crippen MR) is 90.9 cm³/mol. The van der Waals surface area contributed by atoms with Crippen LogP contribution >= 0.6 is 11.8 Å². The molecular formula is C12H20NO9S3-. The van der Waals surface area contributed by atoms with Gasteiger partial charge in [0.15, 0.2) is 0 Å². The molecule has 0 amide bonds. The maximum absolute atomic E-state index is 10.9. The second-order valence-corrected chi connectivity index (χ2v) is 8.62. The average Bonchev–Trinajstić information content (AvgIpc) is 2.50. The fourth-order valence-electron chi connectivity index (χ4n) is 1.96. The van der Waals surface area contributed by atoms with Crippen molar-refractivity contribution in [1.82, 2.24) is 0 Å². The molecule has 0 aromatic carbocycles. The summed E-state index contributed by atoms with van der Waals surface area (Å²) in [5.41, 5.74) is -1.25. The maximum atomic E-state index is 10.9. The molecule has 0 aromatic heterocycles. The van der Waals surface area contributed by atoms with E-state index in [9.17, 15) is 32.5 Å². The first-order chi connectivity index (χ1) is 11.5. The number of allylic oxidation sites excluding steroid dienone is 1. The van der Waals surface area contributed by atoms with E-state index in [2.05, 4.69) is 4.40 Å². The Hall–Kier alpha value is -0.380. The molecule has 0 saturated carbocycles. The Balaban J connectivity index is 2.89. The third-order valence-electron chi connectivity index (χ3n) is 3.13. The van der Waals surface area contributed by atoms with Crippen LogP contribution in [0.3, 0.4) is 0 Å². The van der Waals surface area contributed by atoms with E-state index in [-0.39, 0.29) is 17.9 Å². The van der Waals surface area contributed by atoms with Gasteiger partial charge in [-0.25, -0.2) is 8.42 Å². The van der Waals surface area contributed by atoms with Gasteiger partial charge in [-0.3, -0.25) is 4.21 Å². The van der Waals surface area contributed by atoms with Gasteiger partial charge >= 0.3 is 0 Å². The van der Waals surface area contributed by atoms with Crippen LogP contribution in [0.15, 0.2) is 15.9 Å². The Morgan fingerprint density at radius 1 is 1.32 bits per heavy atom. The van der Waals surface area contributed by atoms with Gasteiger partial charge < -0.3 is 29.7 Å². The number of aliphatic hydroxyl groups is 4. The first-order valence-corrected chi connectivity index (χ1v) is 10.9. The van der Waals surface area contributed by atoms with Gasteiger partial charge in [-0.2, -0.15) is 4.40 Å². The van der Waals surface area contributed by atoms with Crippen molar-refractivity contribution in [3.63, 3.8) is 0 Å². The van der Waals surface area contributed by atoms with Gasteiger partial charge in [0.05, 0.1) is 11.7 Å². The molecule has 0 spiro atoms. The predicted octanol–water partition coefficient (Wildman–Crippen LogP) is -1.95. The van der Waals surface area contributed by atoms with Gasteiger partial charge in [-0.1, -0.05) is 17.8 Å². The highest BCUT2D eigenvalue weighted by Gasteiger charge is 2.44. The molecule has 1 rings (SSSR count). The van der Waals surface area contributed by atoms with Gasteiger partial charge in [0.1, 0.15) is 29.9 Å². The lowest BCUT2D eigenvalue weighted by atomic mass is 10.0. The van der Waals surface area contributed by atoms with Crippen LogP contribution in [-0.4, -0.2) is 85.4 Å². The van der Waals surface area contributed by atoms with Crippen LogP contribution in [0.2, 0.25) is 0 Å². The van der Waals surface area contributed by atoms with Crippen molar-refractivity contribution in [1.29, 1.82) is 0 Å². The third kappa shape index (κ3) is 7.80. The Labute approximate surface area is 152 Å². The molecule has 0 aromatic rings. The molecule has 4 N–H and O–H groups in total. The molecule has 1 fully saturated rings. The molecule has 1 unspecified atom stereocenters. The summed E-state index contributed by atoms with van der Waals surface area (Å²) in [6.45, 7) is -0.639. The monoisotopic (exact) mass is 418 g/mol. The number of hydrogen-bond acceptors (Lipinski definition) is 10. The summed E-state index contributed by atoms with van der Waals surface area (Å²) in [5, 5.41) is 39.7. The van der Waals surface area contributed by atoms with Crippen molar-refractivity contribution in [2.45, 2.75) is 42.7 Å². The van der Waals surface area contributed by atoms with Gasteiger partial charge in [0, 0.05) is 23.5 Å². The third-order valence-corrected chi connectivity index (χ3v) is 5.45. The number of ether oxygens (including phenoxy) is 1. The molecule has 1 aliphatic heterocycles. The number of nitrogens with zero attached hydrogens (tertiary/aromatic N) is 1. The molecular weight excluding hydrogens is 398 g/mol. The molecule has 1 heterocycles. The van der Waals surface area contributed by atoms with E-state index in [0.717, 1.165) is 0 Å². The summed E-state index contributed by atoms with van der Waals surface area (Å²) in [7, 11) is -6.14. The molecule has 6 atom stereocenters. The van der Waals surface area contributed by atoms with Gasteiger partial charge in [-0.15, -0.1) is 0 Å². The van der Waals surface area contributed by atoms with Gasteiger partial charge in [-0.05, 0) is 11.8 Å². The number of aliphatic hydroxyl groups excluding tert-OH is 4. The zero-order valence-electron chi connectivity index (χ0n) is 13.2. The SMILES string of the molecule is CS(=O)C=CCCC(=NS(=O)(=O)[O-])S[C@@H]1O[C@H](CO)[C@@H](O)[C@H](O)[C@H]1O. The van der Waals surface area contributed by atoms with Crippen molar-refractivity contribution in [2.24, 2.45) is 4.40 Å². The highest BCUT2D eigenvalue weighted by molar-refractivity contribution is 8.14. The quantitative estimate of drug-likeness (QED) is 0.206. The minimum atomic E-state index is -4.95. The van der Waals surface area contributed by atoms with Crippen molar-refractivity contribution in [3.8, 4) is 0 Å². The zero-order chi connectivity index (χ0) is 19.2. The van der Waals surface area contributed by atoms with Crippen LogP contribution in [0, 0.1) is 0 Å². The Morgan fingerprint density at radius 2 is 1.96 bits per heavy atom. The molecule has 1 saturated heterocycles. The Kier molecular flexibility index (Phi) is 9.14. The summed E-state index contributed by atoms with van der Waals surface area (Å²) in [5.74, 6) is 0. The van der Waals surface area contributed by atoms with E-state index in [1.807, 2.05) is 0 Å². The molecule has 25 heavy (non-hydrogen) atoms. The van der Waals surface area contributed by atoms with E-state index >= 15 is 0 Å². The van der Waals surface area contributed by atoms with Gasteiger partial charge in [0.25, 0.3) is 0 Å². The topological polar surface area (TPSA) is 177 Å². The van der Waals surface area contributed by atoms with Crippen LogP contribution in [0.5, 0.6) is 0 Å². The first-order valence-electron chi connectivity index (χ1n) is 7.06. The zero-order valence-corrected chi connectivity index (χ0v) is 15.6. The maximum Gasteiger partial charge on any atom is 0.203 e. The molecule has 0 radical (unpaired) electrons.